The summed E-state index contributed by atoms with van der Waals surface area (Å²) in [6.07, 6.45) is 3.01. The lowest BCUT2D eigenvalue weighted by Gasteiger charge is -2.21. The Hall–Kier alpha value is -4.04. The van der Waals surface area contributed by atoms with E-state index in [4.69, 9.17) is 11.6 Å². The zero-order valence-corrected chi connectivity index (χ0v) is 18.1. The van der Waals surface area contributed by atoms with E-state index in [2.05, 4.69) is 15.4 Å². The first kappa shape index (κ1) is 20.8. The summed E-state index contributed by atoms with van der Waals surface area (Å²) in [7, 11) is 0. The number of carbonyl (C=O) groups excluding carboxylic acids is 1. The Bertz CT molecular complexity index is 1580. The van der Waals surface area contributed by atoms with Gasteiger partial charge in [-0.15, -0.1) is 0 Å². The van der Waals surface area contributed by atoms with Crippen LogP contribution >= 0.6 is 11.6 Å². The molecule has 1 atom stereocenters. The third kappa shape index (κ3) is 3.64. The Morgan fingerprint density at radius 1 is 1.12 bits per heavy atom. The number of pyridine rings is 1. The van der Waals surface area contributed by atoms with Crippen molar-refractivity contribution in [2.24, 2.45) is 0 Å². The lowest BCUT2D eigenvalue weighted by atomic mass is 10.1. The zero-order chi connectivity index (χ0) is 23.1. The number of imidazole rings is 1. The number of carbonyl (C=O) groups is 1. The number of nitrogens with zero attached hydrogens (tertiary/aromatic N) is 4. The van der Waals surface area contributed by atoms with Gasteiger partial charge in [-0.05, 0) is 60.8 Å². The Kier molecular flexibility index (Phi) is 5.14. The van der Waals surface area contributed by atoms with Gasteiger partial charge in [0.05, 0.1) is 22.6 Å². The second-order valence-corrected chi connectivity index (χ2v) is 7.93. The number of amides is 1. The van der Waals surface area contributed by atoms with Crippen molar-refractivity contribution in [2.45, 2.75) is 13.0 Å². The van der Waals surface area contributed by atoms with Gasteiger partial charge in [-0.2, -0.15) is 5.10 Å². The van der Waals surface area contributed by atoms with Crippen LogP contribution in [-0.4, -0.2) is 25.1 Å². The maximum Gasteiger partial charge on any atom is 0.272 e. The van der Waals surface area contributed by atoms with Gasteiger partial charge in [-0.1, -0.05) is 23.7 Å². The first-order valence-corrected chi connectivity index (χ1v) is 10.5. The smallest absolute Gasteiger partial charge is 0.272 e. The molecule has 33 heavy (non-hydrogen) atoms. The molecule has 0 aliphatic rings. The Labute approximate surface area is 192 Å². The number of halogens is 2. The number of benzene rings is 2. The average Bonchev–Trinajstić information content (AvgIpc) is 3.24. The van der Waals surface area contributed by atoms with Crippen LogP contribution in [-0.2, 0) is 0 Å². The summed E-state index contributed by atoms with van der Waals surface area (Å²) >= 11 is 6.33. The largest absolute Gasteiger partial charge is 0.343 e. The molecule has 0 aliphatic heterocycles. The van der Waals surface area contributed by atoms with Gasteiger partial charge in [0.25, 0.3) is 11.5 Å². The maximum absolute atomic E-state index is 13.6. The minimum absolute atomic E-state index is 0.261. The van der Waals surface area contributed by atoms with Gasteiger partial charge in [-0.3, -0.25) is 14.2 Å². The number of nitrogens with one attached hydrogen (secondary N) is 1. The van der Waals surface area contributed by atoms with Gasteiger partial charge in [0, 0.05) is 17.6 Å². The van der Waals surface area contributed by atoms with Gasteiger partial charge in [0.15, 0.2) is 5.65 Å². The molecule has 5 rings (SSSR count). The second-order valence-electron chi connectivity index (χ2n) is 7.52. The fourth-order valence-corrected chi connectivity index (χ4v) is 4.11. The normalized spacial score (nSPS) is 12.2. The van der Waals surface area contributed by atoms with E-state index in [-0.39, 0.29) is 11.3 Å². The predicted octanol–water partition coefficient (Wildman–Crippen LogP) is 4.32. The Morgan fingerprint density at radius 2 is 1.91 bits per heavy atom. The van der Waals surface area contributed by atoms with Crippen LogP contribution < -0.4 is 10.9 Å². The van der Waals surface area contributed by atoms with Crippen molar-refractivity contribution in [1.82, 2.24) is 24.5 Å². The van der Waals surface area contributed by atoms with Crippen molar-refractivity contribution in [3.63, 3.8) is 0 Å². The van der Waals surface area contributed by atoms with Crippen molar-refractivity contribution < 1.29 is 9.18 Å². The van der Waals surface area contributed by atoms with Crippen LogP contribution in [0.25, 0.3) is 22.1 Å². The van der Waals surface area contributed by atoms with Crippen LogP contribution in [0.4, 0.5) is 4.39 Å². The first-order chi connectivity index (χ1) is 15.9. The van der Waals surface area contributed by atoms with E-state index in [0.717, 1.165) is 0 Å². The van der Waals surface area contributed by atoms with Crippen molar-refractivity contribution in [3.8, 4) is 5.69 Å². The van der Waals surface area contributed by atoms with Crippen molar-refractivity contribution >= 4 is 33.9 Å². The number of hydrogen-bond donors (Lipinski definition) is 1. The van der Waals surface area contributed by atoms with Crippen molar-refractivity contribution in [2.75, 3.05) is 0 Å². The van der Waals surface area contributed by atoms with Crippen LogP contribution in [0.3, 0.4) is 0 Å². The summed E-state index contributed by atoms with van der Waals surface area (Å²) in [5.74, 6) is -0.827. The van der Waals surface area contributed by atoms with E-state index in [9.17, 15) is 14.0 Å². The molecule has 0 unspecified atom stereocenters. The minimum atomic E-state index is -0.590. The molecule has 0 spiro atoms. The van der Waals surface area contributed by atoms with Crippen molar-refractivity contribution in [1.29, 1.82) is 0 Å². The lowest BCUT2D eigenvalue weighted by Crippen LogP contribution is -2.32. The molecule has 164 valence electrons. The van der Waals surface area contributed by atoms with Gasteiger partial charge in [0.2, 0.25) is 0 Å². The zero-order valence-electron chi connectivity index (χ0n) is 17.4. The molecule has 2 aromatic carbocycles. The standard InChI is InChI=1S/C24H17ClFN5O2/c1-14(29-23(32)20-13-27-21-6-3-11-28-31(20)21)19-12-15-4-2-5-18(25)22(15)24(33)30(19)17-9-7-16(26)8-10-17/h2-14H,1H3,(H,29,32)/t14-/m0/s1. The summed E-state index contributed by atoms with van der Waals surface area (Å²) in [6, 6.07) is 15.4. The van der Waals surface area contributed by atoms with Gasteiger partial charge >= 0.3 is 0 Å². The maximum atomic E-state index is 13.6. The Morgan fingerprint density at radius 3 is 2.70 bits per heavy atom. The van der Waals surface area contributed by atoms with Crippen LogP contribution in [0, 0.1) is 5.82 Å². The molecule has 3 aromatic heterocycles. The van der Waals surface area contributed by atoms with E-state index >= 15 is 0 Å². The monoisotopic (exact) mass is 461 g/mol. The SMILES string of the molecule is C[C@H](NC(=O)c1cnc2cccnn12)c1cc2cccc(Cl)c2c(=O)n1-c1ccc(F)cc1. The number of aromatic nitrogens is 4. The highest BCUT2D eigenvalue weighted by atomic mass is 35.5. The molecule has 0 aliphatic carbocycles. The minimum Gasteiger partial charge on any atom is -0.343 e. The Balaban J connectivity index is 1.63. The summed E-state index contributed by atoms with van der Waals surface area (Å²) in [5, 5.41) is 8.38. The summed E-state index contributed by atoms with van der Waals surface area (Å²) in [4.78, 5) is 30.7. The molecule has 7 nitrogen and oxygen atoms in total. The topological polar surface area (TPSA) is 81.3 Å². The van der Waals surface area contributed by atoms with Gasteiger partial charge < -0.3 is 5.32 Å². The summed E-state index contributed by atoms with van der Waals surface area (Å²) in [5.41, 5.74) is 1.40. The summed E-state index contributed by atoms with van der Waals surface area (Å²) < 4.78 is 16.4. The highest BCUT2D eigenvalue weighted by Gasteiger charge is 2.21. The molecule has 0 saturated carbocycles. The van der Waals surface area contributed by atoms with Crippen LogP contribution in [0.5, 0.6) is 0 Å². The van der Waals surface area contributed by atoms with E-state index in [1.807, 2.05) is 0 Å². The third-order valence-corrected chi connectivity index (χ3v) is 5.73. The van der Waals surface area contributed by atoms with E-state index < -0.39 is 17.8 Å². The average molecular weight is 462 g/mol. The molecule has 1 N–H and O–H groups in total. The third-order valence-electron chi connectivity index (χ3n) is 5.41. The molecule has 0 saturated heterocycles. The predicted molar refractivity (Wildman–Crippen MR) is 123 cm³/mol. The first-order valence-electron chi connectivity index (χ1n) is 10.1. The number of hydrogen-bond acceptors (Lipinski definition) is 4. The fourth-order valence-electron chi connectivity index (χ4n) is 3.84. The highest BCUT2D eigenvalue weighted by Crippen LogP contribution is 2.25. The van der Waals surface area contributed by atoms with Crippen LogP contribution in [0.15, 0.2) is 77.9 Å². The lowest BCUT2D eigenvalue weighted by molar-refractivity contribution is 0.0931. The molecule has 0 bridgehead atoms. The second kappa shape index (κ2) is 8.14. The molecule has 1 amide bonds. The molecule has 9 heteroatoms. The van der Waals surface area contributed by atoms with E-state index in [0.29, 0.717) is 32.8 Å². The molecular weight excluding hydrogens is 445 g/mol. The molecule has 0 radical (unpaired) electrons. The quantitative estimate of drug-likeness (QED) is 0.432. The van der Waals surface area contributed by atoms with E-state index in [1.54, 1.807) is 49.5 Å². The van der Waals surface area contributed by atoms with Gasteiger partial charge in [0.1, 0.15) is 11.5 Å². The summed E-state index contributed by atoms with van der Waals surface area (Å²) in [6.45, 7) is 1.76. The molecule has 5 aromatic rings. The highest BCUT2D eigenvalue weighted by molar-refractivity contribution is 6.35. The number of fused-ring (bicyclic) bond motifs is 2. The van der Waals surface area contributed by atoms with Gasteiger partial charge in [-0.25, -0.2) is 13.9 Å². The fraction of sp³-hybridized carbons (Fsp3) is 0.0833. The van der Waals surface area contributed by atoms with Crippen molar-refractivity contribution in [3.05, 3.63) is 106 Å². The molecule has 3 heterocycles. The molecule has 0 fully saturated rings. The van der Waals surface area contributed by atoms with Crippen LogP contribution in [0.2, 0.25) is 5.02 Å². The number of rotatable bonds is 4. The van der Waals surface area contributed by atoms with Crippen LogP contribution in [0.1, 0.15) is 29.1 Å². The van der Waals surface area contributed by atoms with E-state index in [1.165, 1.54) is 39.5 Å². The molecular formula is C24H17ClFN5O2.